The third-order valence-electron chi connectivity index (χ3n) is 2.46. The lowest BCUT2D eigenvalue weighted by Gasteiger charge is -2.18. The minimum atomic E-state index is -1.06. The molecule has 0 spiro atoms. The fourth-order valence-corrected chi connectivity index (χ4v) is 5.98. The van der Waals surface area contributed by atoms with E-state index in [2.05, 4.69) is 0 Å². The van der Waals surface area contributed by atoms with Gasteiger partial charge >= 0.3 is 5.97 Å². The molecule has 0 aromatic heterocycles. The first-order valence-corrected chi connectivity index (χ1v) is 7.92. The molecule has 18 heavy (non-hydrogen) atoms. The molecule has 98 valence electrons. The van der Waals surface area contributed by atoms with Crippen LogP contribution in [-0.2, 0) is 4.79 Å². The Kier molecular flexibility index (Phi) is 5.46. The monoisotopic (exact) mass is 586 g/mol. The standard InChI is InChI=1S/C10H9I3N2O3/c1-2(9(15)16)3-5(11)4(10(17)18)7(13)8(14)6(3)12/h2H,14H2,1H3,(H2,15,16)(H,17,18). The molecule has 0 aliphatic rings. The van der Waals surface area contributed by atoms with Crippen LogP contribution in [0.3, 0.4) is 0 Å². The van der Waals surface area contributed by atoms with Crippen molar-refractivity contribution in [3.8, 4) is 0 Å². The number of aromatic carboxylic acids is 1. The van der Waals surface area contributed by atoms with E-state index in [1.54, 1.807) is 6.92 Å². The molecule has 1 rings (SSSR count). The van der Waals surface area contributed by atoms with Crippen LogP contribution in [0.2, 0.25) is 0 Å². The zero-order chi connectivity index (χ0) is 14.2. The molecule has 0 bridgehead atoms. The number of anilines is 1. The highest BCUT2D eigenvalue weighted by Gasteiger charge is 2.27. The van der Waals surface area contributed by atoms with Gasteiger partial charge in [0.15, 0.2) is 0 Å². The van der Waals surface area contributed by atoms with Gasteiger partial charge in [-0.05, 0) is 80.3 Å². The molecule has 0 saturated carbocycles. The number of carboxylic acids is 1. The third kappa shape index (κ3) is 2.84. The quantitative estimate of drug-likeness (QED) is 0.374. The second-order valence-electron chi connectivity index (χ2n) is 3.57. The first-order valence-electron chi connectivity index (χ1n) is 4.68. The Morgan fingerprint density at radius 1 is 1.17 bits per heavy atom. The number of benzene rings is 1. The number of carbonyl (C=O) groups is 2. The minimum absolute atomic E-state index is 0.122. The van der Waals surface area contributed by atoms with Gasteiger partial charge in [0.2, 0.25) is 5.91 Å². The van der Waals surface area contributed by atoms with E-state index in [0.29, 0.717) is 22.0 Å². The summed E-state index contributed by atoms with van der Waals surface area (Å²) in [5.41, 5.74) is 12.3. The Balaban J connectivity index is 3.73. The van der Waals surface area contributed by atoms with Crippen LogP contribution in [-0.4, -0.2) is 17.0 Å². The van der Waals surface area contributed by atoms with E-state index in [1.165, 1.54) is 0 Å². The van der Waals surface area contributed by atoms with Crippen molar-refractivity contribution in [3.63, 3.8) is 0 Å². The summed E-state index contributed by atoms with van der Waals surface area (Å²) in [6.45, 7) is 1.64. The first-order chi connectivity index (χ1) is 8.20. The van der Waals surface area contributed by atoms with Crippen LogP contribution in [0, 0.1) is 10.7 Å². The lowest BCUT2D eigenvalue weighted by atomic mass is 9.97. The molecule has 5 N–H and O–H groups in total. The Morgan fingerprint density at radius 2 is 1.67 bits per heavy atom. The summed E-state index contributed by atoms with van der Waals surface area (Å²) < 4.78 is 1.67. The normalized spacial score (nSPS) is 12.2. The van der Waals surface area contributed by atoms with Gasteiger partial charge in [0.05, 0.1) is 20.7 Å². The minimum Gasteiger partial charge on any atom is -0.478 e. The SMILES string of the molecule is CC(C(N)=O)c1c(I)c(N)c(I)c(C(=O)O)c1I. The summed E-state index contributed by atoms with van der Waals surface area (Å²) in [4.78, 5) is 22.6. The summed E-state index contributed by atoms with van der Waals surface area (Å²) in [6, 6.07) is 0. The average Bonchev–Trinajstić information content (AvgIpc) is 2.25. The number of nitrogen functional groups attached to an aromatic ring is 1. The second kappa shape index (κ2) is 6.07. The molecular formula is C10H9I3N2O3. The van der Waals surface area contributed by atoms with Gasteiger partial charge in [0.1, 0.15) is 0 Å². The number of rotatable bonds is 3. The van der Waals surface area contributed by atoms with Crippen LogP contribution >= 0.6 is 67.8 Å². The van der Waals surface area contributed by atoms with Crippen molar-refractivity contribution in [1.29, 1.82) is 0 Å². The zero-order valence-electron chi connectivity index (χ0n) is 9.13. The largest absolute Gasteiger partial charge is 0.478 e. The number of hydrogen-bond acceptors (Lipinski definition) is 3. The van der Waals surface area contributed by atoms with E-state index < -0.39 is 17.8 Å². The van der Waals surface area contributed by atoms with Gasteiger partial charge in [-0.3, -0.25) is 4.79 Å². The summed E-state index contributed by atoms with van der Waals surface area (Å²) in [7, 11) is 0. The molecule has 1 amide bonds. The predicted molar refractivity (Wildman–Crippen MR) is 93.6 cm³/mol. The van der Waals surface area contributed by atoms with Gasteiger partial charge in [0.25, 0.3) is 0 Å². The van der Waals surface area contributed by atoms with E-state index in [0.717, 1.165) is 0 Å². The van der Waals surface area contributed by atoms with Gasteiger partial charge in [-0.2, -0.15) is 0 Å². The van der Waals surface area contributed by atoms with Crippen LogP contribution in [0.1, 0.15) is 28.8 Å². The maximum atomic E-state index is 11.3. The number of amides is 1. The zero-order valence-corrected chi connectivity index (χ0v) is 15.6. The van der Waals surface area contributed by atoms with Gasteiger partial charge in [0, 0.05) is 7.14 Å². The fourth-order valence-electron chi connectivity index (χ4n) is 1.41. The van der Waals surface area contributed by atoms with Crippen molar-refractivity contribution in [1.82, 2.24) is 0 Å². The second-order valence-corrected chi connectivity index (χ2v) is 6.81. The molecule has 8 heteroatoms. The smallest absolute Gasteiger partial charge is 0.337 e. The molecule has 1 atom stereocenters. The van der Waals surface area contributed by atoms with Crippen molar-refractivity contribution >= 4 is 85.3 Å². The lowest BCUT2D eigenvalue weighted by Crippen LogP contribution is -2.23. The fraction of sp³-hybridized carbons (Fsp3) is 0.200. The number of nitrogens with two attached hydrogens (primary N) is 2. The Bertz CT molecular complexity index is 546. The molecule has 1 unspecified atom stereocenters. The van der Waals surface area contributed by atoms with E-state index in [1.807, 2.05) is 67.8 Å². The molecular weight excluding hydrogens is 577 g/mol. The number of carbonyl (C=O) groups excluding carboxylic acids is 1. The summed E-state index contributed by atoms with van der Waals surface area (Å²) >= 11 is 5.83. The topological polar surface area (TPSA) is 106 Å². The van der Waals surface area contributed by atoms with Gasteiger partial charge in [-0.25, -0.2) is 4.79 Å². The maximum Gasteiger partial charge on any atom is 0.337 e. The van der Waals surface area contributed by atoms with Crippen molar-refractivity contribution in [2.75, 3.05) is 5.73 Å². The molecule has 0 fully saturated rings. The van der Waals surface area contributed by atoms with Crippen LogP contribution in [0.5, 0.6) is 0 Å². The molecule has 0 radical (unpaired) electrons. The maximum absolute atomic E-state index is 11.3. The molecule has 0 saturated heterocycles. The van der Waals surface area contributed by atoms with Crippen molar-refractivity contribution in [2.24, 2.45) is 5.73 Å². The molecule has 1 aromatic carbocycles. The first kappa shape index (κ1) is 16.2. The van der Waals surface area contributed by atoms with Crippen molar-refractivity contribution in [2.45, 2.75) is 12.8 Å². The van der Waals surface area contributed by atoms with Crippen molar-refractivity contribution in [3.05, 3.63) is 21.8 Å². The van der Waals surface area contributed by atoms with E-state index >= 15 is 0 Å². The molecule has 0 aliphatic heterocycles. The highest BCUT2D eigenvalue weighted by atomic mass is 127. The Labute approximate surface area is 144 Å². The highest BCUT2D eigenvalue weighted by molar-refractivity contribution is 14.1. The van der Waals surface area contributed by atoms with Gasteiger partial charge in [-0.1, -0.05) is 0 Å². The predicted octanol–water partition coefficient (Wildman–Crippen LogP) is 2.37. The van der Waals surface area contributed by atoms with E-state index in [4.69, 9.17) is 11.5 Å². The third-order valence-corrected chi connectivity index (χ3v) is 5.86. The molecule has 5 nitrogen and oxygen atoms in total. The average molecular weight is 586 g/mol. The summed E-state index contributed by atoms with van der Waals surface area (Å²) in [5.74, 6) is -2.16. The summed E-state index contributed by atoms with van der Waals surface area (Å²) in [6.07, 6.45) is 0. The summed E-state index contributed by atoms with van der Waals surface area (Å²) in [5, 5.41) is 9.22. The number of primary amides is 1. The Hall–Kier alpha value is 0.150. The lowest BCUT2D eigenvalue weighted by molar-refractivity contribution is -0.119. The van der Waals surface area contributed by atoms with Gasteiger partial charge < -0.3 is 16.6 Å². The number of halogens is 3. The highest BCUT2D eigenvalue weighted by Crippen LogP contribution is 2.37. The number of carboxylic acid groups (broad SMARTS) is 1. The van der Waals surface area contributed by atoms with Gasteiger partial charge in [-0.15, -0.1) is 0 Å². The van der Waals surface area contributed by atoms with E-state index in [-0.39, 0.29) is 5.56 Å². The molecule has 1 aromatic rings. The molecule has 0 aliphatic carbocycles. The Morgan fingerprint density at radius 3 is 2.06 bits per heavy atom. The number of hydrogen-bond donors (Lipinski definition) is 3. The van der Waals surface area contributed by atoms with Crippen LogP contribution < -0.4 is 11.5 Å². The van der Waals surface area contributed by atoms with Crippen molar-refractivity contribution < 1.29 is 14.7 Å². The van der Waals surface area contributed by atoms with E-state index in [9.17, 15) is 14.7 Å². The molecule has 0 heterocycles. The van der Waals surface area contributed by atoms with Crippen LogP contribution in [0.15, 0.2) is 0 Å². The van der Waals surface area contributed by atoms with Crippen LogP contribution in [0.4, 0.5) is 5.69 Å². The van der Waals surface area contributed by atoms with Crippen LogP contribution in [0.25, 0.3) is 0 Å².